The summed E-state index contributed by atoms with van der Waals surface area (Å²) in [4.78, 5) is 18.9. The first kappa shape index (κ1) is 19.1. The zero-order chi connectivity index (χ0) is 20.4. The van der Waals surface area contributed by atoms with Gasteiger partial charge in [-0.2, -0.15) is 4.98 Å². The summed E-state index contributed by atoms with van der Waals surface area (Å²) < 4.78 is 12.8. The van der Waals surface area contributed by atoms with Crippen molar-refractivity contribution in [1.82, 2.24) is 30.0 Å². The Morgan fingerprint density at radius 3 is 2.76 bits per heavy atom. The third kappa shape index (κ3) is 4.13. The molecule has 9 heteroatoms. The van der Waals surface area contributed by atoms with Gasteiger partial charge < -0.3 is 14.2 Å². The Labute approximate surface area is 168 Å². The second-order valence-electron chi connectivity index (χ2n) is 7.50. The van der Waals surface area contributed by atoms with E-state index < -0.39 is 6.10 Å². The van der Waals surface area contributed by atoms with Gasteiger partial charge >= 0.3 is 0 Å². The van der Waals surface area contributed by atoms with E-state index in [1.165, 1.54) is 0 Å². The molecule has 2 aromatic heterocycles. The predicted octanol–water partition coefficient (Wildman–Crippen LogP) is 2.69. The monoisotopic (exact) mass is 396 g/mol. The van der Waals surface area contributed by atoms with E-state index >= 15 is 0 Å². The van der Waals surface area contributed by atoms with Crippen LogP contribution in [0.3, 0.4) is 0 Å². The first-order valence-corrected chi connectivity index (χ1v) is 9.77. The number of rotatable bonds is 6. The number of amides is 1. The standard InChI is InChI=1S/C20H24N6O3/c1-13(2)18-21-19(29-23-18)17-12-26(24-22-17)15-9-10-25(11-15)20(27)14(3)28-16-7-5-4-6-8-16/h4-8,12-15H,9-11H2,1-3H3. The highest BCUT2D eigenvalue weighted by molar-refractivity contribution is 5.81. The summed E-state index contributed by atoms with van der Waals surface area (Å²) >= 11 is 0. The maximum absolute atomic E-state index is 12.7. The van der Waals surface area contributed by atoms with Crippen molar-refractivity contribution in [1.29, 1.82) is 0 Å². The highest BCUT2D eigenvalue weighted by atomic mass is 16.5. The number of para-hydroxylation sites is 1. The zero-order valence-electron chi connectivity index (χ0n) is 16.7. The van der Waals surface area contributed by atoms with Gasteiger partial charge in [-0.3, -0.25) is 4.79 Å². The van der Waals surface area contributed by atoms with Crippen LogP contribution in [-0.2, 0) is 4.79 Å². The summed E-state index contributed by atoms with van der Waals surface area (Å²) in [5, 5.41) is 12.3. The largest absolute Gasteiger partial charge is 0.481 e. The van der Waals surface area contributed by atoms with E-state index in [4.69, 9.17) is 9.26 Å². The van der Waals surface area contributed by atoms with Gasteiger partial charge in [-0.15, -0.1) is 5.10 Å². The molecule has 0 bridgehead atoms. The van der Waals surface area contributed by atoms with E-state index in [0.29, 0.717) is 36.2 Å². The topological polar surface area (TPSA) is 99.2 Å². The molecule has 4 rings (SSSR count). The molecule has 0 N–H and O–H groups in total. The molecule has 0 saturated carbocycles. The molecule has 3 heterocycles. The van der Waals surface area contributed by atoms with Crippen LogP contribution in [0.15, 0.2) is 41.1 Å². The zero-order valence-corrected chi connectivity index (χ0v) is 16.7. The highest BCUT2D eigenvalue weighted by Crippen LogP contribution is 2.24. The van der Waals surface area contributed by atoms with Crippen LogP contribution >= 0.6 is 0 Å². The van der Waals surface area contributed by atoms with Crippen molar-refractivity contribution < 1.29 is 14.1 Å². The van der Waals surface area contributed by atoms with Gasteiger partial charge in [0.25, 0.3) is 11.8 Å². The number of hydrogen-bond acceptors (Lipinski definition) is 7. The van der Waals surface area contributed by atoms with Gasteiger partial charge in [0.15, 0.2) is 17.6 Å². The number of benzene rings is 1. The van der Waals surface area contributed by atoms with E-state index in [2.05, 4.69) is 20.5 Å². The molecule has 1 aliphatic rings. The first-order chi connectivity index (χ1) is 14.0. The summed E-state index contributed by atoms with van der Waals surface area (Å²) in [5.41, 5.74) is 0.537. The number of nitrogens with zero attached hydrogens (tertiary/aromatic N) is 6. The number of carbonyl (C=O) groups excluding carboxylic acids is 1. The van der Waals surface area contributed by atoms with E-state index in [1.807, 2.05) is 49.1 Å². The lowest BCUT2D eigenvalue weighted by Crippen LogP contribution is -2.39. The molecule has 2 atom stereocenters. The quantitative estimate of drug-likeness (QED) is 0.631. The molecule has 0 radical (unpaired) electrons. The maximum atomic E-state index is 12.7. The predicted molar refractivity (Wildman–Crippen MR) is 104 cm³/mol. The highest BCUT2D eigenvalue weighted by Gasteiger charge is 2.31. The van der Waals surface area contributed by atoms with Crippen LogP contribution in [-0.4, -0.2) is 55.1 Å². The lowest BCUT2D eigenvalue weighted by atomic mass is 10.2. The molecule has 1 amide bonds. The van der Waals surface area contributed by atoms with Crippen LogP contribution in [0.25, 0.3) is 11.6 Å². The van der Waals surface area contributed by atoms with Gasteiger partial charge in [-0.1, -0.05) is 42.4 Å². The Kier molecular flexibility index (Phi) is 5.28. The SMILES string of the molecule is CC(Oc1ccccc1)C(=O)N1CCC(n2cc(-c3nc(C(C)C)no3)nn2)C1. The molecule has 0 spiro atoms. The summed E-state index contributed by atoms with van der Waals surface area (Å²) in [6, 6.07) is 9.42. The molecule has 1 fully saturated rings. The average Bonchev–Trinajstić information content (AvgIpc) is 3.47. The number of ether oxygens (including phenoxy) is 1. The normalized spacial score (nSPS) is 17.7. The van der Waals surface area contributed by atoms with E-state index in [0.717, 1.165) is 6.42 Å². The molecule has 1 saturated heterocycles. The Bertz CT molecular complexity index is 968. The second kappa shape index (κ2) is 8.02. The van der Waals surface area contributed by atoms with Gasteiger partial charge in [0.05, 0.1) is 12.2 Å². The van der Waals surface area contributed by atoms with E-state index in [-0.39, 0.29) is 17.9 Å². The number of likely N-dealkylation sites (tertiary alicyclic amines) is 1. The van der Waals surface area contributed by atoms with Crippen LogP contribution in [0.5, 0.6) is 5.75 Å². The van der Waals surface area contributed by atoms with Crippen molar-refractivity contribution >= 4 is 5.91 Å². The number of aromatic nitrogens is 5. The number of carbonyl (C=O) groups is 1. The van der Waals surface area contributed by atoms with Crippen molar-refractivity contribution in [2.45, 2.75) is 45.3 Å². The molecule has 1 aromatic carbocycles. The van der Waals surface area contributed by atoms with Gasteiger partial charge in [-0.25, -0.2) is 4.68 Å². The van der Waals surface area contributed by atoms with Crippen molar-refractivity contribution in [2.75, 3.05) is 13.1 Å². The fourth-order valence-electron chi connectivity index (χ4n) is 3.30. The minimum atomic E-state index is -0.546. The van der Waals surface area contributed by atoms with Gasteiger partial charge in [-0.05, 0) is 25.5 Å². The van der Waals surface area contributed by atoms with Crippen LogP contribution < -0.4 is 4.74 Å². The molecule has 3 aromatic rings. The van der Waals surface area contributed by atoms with Crippen molar-refractivity contribution in [3.05, 3.63) is 42.4 Å². The molecule has 29 heavy (non-hydrogen) atoms. The Balaban J connectivity index is 1.38. The fraction of sp³-hybridized carbons (Fsp3) is 0.450. The maximum Gasteiger partial charge on any atom is 0.280 e. The lowest BCUT2D eigenvalue weighted by Gasteiger charge is -2.21. The third-order valence-corrected chi connectivity index (χ3v) is 4.94. The molecular formula is C20H24N6O3. The molecule has 2 unspecified atom stereocenters. The summed E-state index contributed by atoms with van der Waals surface area (Å²) in [6.45, 7) is 6.98. The van der Waals surface area contributed by atoms with Crippen LogP contribution in [0.2, 0.25) is 0 Å². The van der Waals surface area contributed by atoms with Crippen molar-refractivity contribution in [2.24, 2.45) is 0 Å². The molecule has 9 nitrogen and oxygen atoms in total. The summed E-state index contributed by atoms with van der Waals surface area (Å²) in [6.07, 6.45) is 2.05. The average molecular weight is 396 g/mol. The Hall–Kier alpha value is -3.23. The number of hydrogen-bond donors (Lipinski definition) is 0. The van der Waals surface area contributed by atoms with Gasteiger partial charge in [0.2, 0.25) is 0 Å². The minimum absolute atomic E-state index is 0.0323. The summed E-state index contributed by atoms with van der Waals surface area (Å²) in [5.74, 6) is 1.83. The second-order valence-corrected chi connectivity index (χ2v) is 7.50. The molecule has 0 aliphatic carbocycles. The van der Waals surface area contributed by atoms with Crippen LogP contribution in [0.4, 0.5) is 0 Å². The van der Waals surface area contributed by atoms with E-state index in [1.54, 1.807) is 17.8 Å². The Morgan fingerprint density at radius 2 is 2.03 bits per heavy atom. The van der Waals surface area contributed by atoms with Gasteiger partial charge in [0, 0.05) is 19.0 Å². The van der Waals surface area contributed by atoms with E-state index in [9.17, 15) is 4.79 Å². The van der Waals surface area contributed by atoms with Crippen molar-refractivity contribution in [3.63, 3.8) is 0 Å². The lowest BCUT2D eigenvalue weighted by molar-refractivity contribution is -0.136. The minimum Gasteiger partial charge on any atom is -0.481 e. The molecular weight excluding hydrogens is 372 g/mol. The Morgan fingerprint density at radius 1 is 1.24 bits per heavy atom. The third-order valence-electron chi connectivity index (χ3n) is 4.94. The van der Waals surface area contributed by atoms with Crippen molar-refractivity contribution in [3.8, 4) is 17.3 Å². The van der Waals surface area contributed by atoms with Crippen LogP contribution in [0, 0.1) is 0 Å². The van der Waals surface area contributed by atoms with Gasteiger partial charge in [0.1, 0.15) is 5.75 Å². The van der Waals surface area contributed by atoms with Crippen LogP contribution in [0.1, 0.15) is 45.0 Å². The molecule has 1 aliphatic heterocycles. The smallest absolute Gasteiger partial charge is 0.280 e. The molecule has 152 valence electrons. The fourth-order valence-corrected chi connectivity index (χ4v) is 3.30. The first-order valence-electron chi connectivity index (χ1n) is 9.77. The summed E-state index contributed by atoms with van der Waals surface area (Å²) in [7, 11) is 0.